The monoisotopic (exact) mass is 457 g/mol. The summed E-state index contributed by atoms with van der Waals surface area (Å²) in [5.74, 6) is -1.06. The Bertz CT molecular complexity index is 1240. The normalized spacial score (nSPS) is 12.2. The van der Waals surface area contributed by atoms with Crippen LogP contribution in [0.2, 0.25) is 0 Å². The lowest BCUT2D eigenvalue weighted by molar-refractivity contribution is -0.123. The predicted octanol–water partition coefficient (Wildman–Crippen LogP) is 1.77. The molecule has 0 aliphatic carbocycles. The van der Waals surface area contributed by atoms with Crippen LogP contribution in [-0.2, 0) is 26.1 Å². The highest BCUT2D eigenvalue weighted by Gasteiger charge is 2.23. The molecule has 0 aliphatic rings. The van der Waals surface area contributed by atoms with Crippen LogP contribution in [0.25, 0.3) is 0 Å². The summed E-state index contributed by atoms with van der Waals surface area (Å²) in [6.45, 7) is 5.48. The van der Waals surface area contributed by atoms with Crippen LogP contribution in [0, 0.1) is 13.8 Å². The van der Waals surface area contributed by atoms with Crippen molar-refractivity contribution in [3.05, 3.63) is 71.3 Å². The topological polar surface area (TPSA) is 146 Å². The molecule has 2 heterocycles. The summed E-state index contributed by atoms with van der Waals surface area (Å²) in [6, 6.07) is 9.49. The van der Waals surface area contributed by atoms with Crippen LogP contribution in [0.15, 0.2) is 53.7 Å². The Balaban J connectivity index is 1.70. The zero-order chi connectivity index (χ0) is 23.5. The van der Waals surface area contributed by atoms with Gasteiger partial charge in [0.25, 0.3) is 5.91 Å². The zero-order valence-corrected chi connectivity index (χ0v) is 18.6. The van der Waals surface area contributed by atoms with Crippen molar-refractivity contribution < 1.29 is 22.7 Å². The largest absolute Gasteiger partial charge is 0.449 e. The number of hydrogen-bond donors (Lipinski definition) is 2. The van der Waals surface area contributed by atoms with Crippen LogP contribution in [0.1, 0.15) is 34.2 Å². The third-order valence-electron chi connectivity index (χ3n) is 4.84. The molecule has 1 aromatic carbocycles. The number of anilines is 1. The second-order valence-corrected chi connectivity index (χ2v) is 8.73. The van der Waals surface area contributed by atoms with E-state index in [4.69, 9.17) is 9.88 Å². The maximum absolute atomic E-state index is 12.7. The lowest BCUT2D eigenvalue weighted by Gasteiger charge is -2.13. The number of aryl methyl sites for hydroxylation is 1. The molecule has 10 nitrogen and oxygen atoms in total. The van der Waals surface area contributed by atoms with Crippen LogP contribution in [0.3, 0.4) is 0 Å². The minimum absolute atomic E-state index is 0.0274. The molecule has 32 heavy (non-hydrogen) atoms. The number of rotatable bonds is 7. The molecule has 0 radical (unpaired) electrons. The van der Waals surface area contributed by atoms with Gasteiger partial charge in [0.05, 0.1) is 10.5 Å². The van der Waals surface area contributed by atoms with Crippen molar-refractivity contribution in [1.82, 2.24) is 14.5 Å². The molecule has 11 heteroatoms. The number of ether oxygens (including phenoxy) is 1. The summed E-state index contributed by atoms with van der Waals surface area (Å²) in [6.07, 6.45) is 1.91. The number of hydrogen-bond acceptors (Lipinski definition) is 7. The van der Waals surface area contributed by atoms with Crippen molar-refractivity contribution in [2.45, 2.75) is 38.3 Å². The summed E-state index contributed by atoms with van der Waals surface area (Å²) in [5, 5.41) is 7.61. The Morgan fingerprint density at radius 3 is 2.38 bits per heavy atom. The minimum atomic E-state index is -3.76. The molecule has 0 aliphatic heterocycles. The number of primary sulfonamides is 1. The van der Waals surface area contributed by atoms with E-state index in [0.717, 1.165) is 11.3 Å². The fourth-order valence-corrected chi connectivity index (χ4v) is 3.59. The number of carbonyl (C=O) groups excluding carboxylic acids is 2. The van der Waals surface area contributed by atoms with Crippen molar-refractivity contribution in [2.24, 2.45) is 5.14 Å². The third-order valence-corrected chi connectivity index (χ3v) is 5.77. The molecule has 1 atom stereocenters. The van der Waals surface area contributed by atoms with Crippen molar-refractivity contribution >= 4 is 27.8 Å². The number of nitrogens with zero attached hydrogens (tertiary/aromatic N) is 3. The number of benzene rings is 1. The predicted molar refractivity (Wildman–Crippen MR) is 116 cm³/mol. The standard InChI is InChI=1S/C21H23N5O5S/c1-13-11-18(20(28)31-15(3)19(27)25-21-23-9-4-10-24-21)14(2)26(13)12-16-5-7-17(8-6-16)32(22,29)30/h4-11,15H,12H2,1-3H3,(H2,22,29,30)(H,23,24,25,27). The van der Waals surface area contributed by atoms with Crippen molar-refractivity contribution in [3.8, 4) is 0 Å². The second kappa shape index (κ2) is 9.28. The SMILES string of the molecule is Cc1cc(C(=O)OC(C)C(=O)Nc2ncccn2)c(C)n1Cc1ccc(S(N)(=O)=O)cc1. The van der Waals surface area contributed by atoms with Gasteiger partial charge in [-0.2, -0.15) is 0 Å². The van der Waals surface area contributed by atoms with E-state index in [1.54, 1.807) is 31.2 Å². The molecule has 3 N–H and O–H groups in total. The summed E-state index contributed by atoms with van der Waals surface area (Å²) < 4.78 is 30.0. The number of nitrogens with one attached hydrogen (secondary N) is 1. The first kappa shape index (κ1) is 23.1. The van der Waals surface area contributed by atoms with Gasteiger partial charge in [-0.1, -0.05) is 12.1 Å². The first-order chi connectivity index (χ1) is 15.1. The Labute approximate surface area is 185 Å². The van der Waals surface area contributed by atoms with Crippen molar-refractivity contribution in [1.29, 1.82) is 0 Å². The van der Waals surface area contributed by atoms with E-state index in [0.29, 0.717) is 17.8 Å². The Morgan fingerprint density at radius 1 is 1.16 bits per heavy atom. The molecule has 168 valence electrons. The number of carbonyl (C=O) groups is 2. The Morgan fingerprint density at radius 2 is 1.78 bits per heavy atom. The van der Waals surface area contributed by atoms with Gasteiger partial charge in [0.1, 0.15) is 0 Å². The number of aromatic nitrogens is 3. The Kier molecular flexibility index (Phi) is 6.70. The number of esters is 1. The van der Waals surface area contributed by atoms with Gasteiger partial charge >= 0.3 is 5.97 Å². The number of amides is 1. The smallest absolute Gasteiger partial charge is 0.340 e. The molecular weight excluding hydrogens is 434 g/mol. The van der Waals surface area contributed by atoms with E-state index >= 15 is 0 Å². The molecule has 1 unspecified atom stereocenters. The second-order valence-electron chi connectivity index (χ2n) is 7.17. The summed E-state index contributed by atoms with van der Waals surface area (Å²) in [5.41, 5.74) is 2.62. The van der Waals surface area contributed by atoms with Gasteiger partial charge in [0, 0.05) is 30.3 Å². The van der Waals surface area contributed by atoms with Gasteiger partial charge in [-0.3, -0.25) is 10.1 Å². The van der Waals surface area contributed by atoms with Gasteiger partial charge in [-0.05, 0) is 50.6 Å². The quantitative estimate of drug-likeness (QED) is 0.514. The first-order valence-corrected chi connectivity index (χ1v) is 11.2. The summed E-state index contributed by atoms with van der Waals surface area (Å²) in [4.78, 5) is 32.8. The maximum atomic E-state index is 12.7. The molecule has 0 saturated heterocycles. The van der Waals surface area contributed by atoms with Crippen molar-refractivity contribution in [2.75, 3.05) is 5.32 Å². The van der Waals surface area contributed by atoms with Gasteiger partial charge in [-0.25, -0.2) is 28.3 Å². The zero-order valence-electron chi connectivity index (χ0n) is 17.8. The Hall–Kier alpha value is -3.57. The van der Waals surface area contributed by atoms with Crippen LogP contribution in [0.5, 0.6) is 0 Å². The van der Waals surface area contributed by atoms with Crippen LogP contribution < -0.4 is 10.5 Å². The molecule has 2 aromatic heterocycles. The first-order valence-electron chi connectivity index (χ1n) is 9.63. The van der Waals surface area contributed by atoms with Crippen molar-refractivity contribution in [3.63, 3.8) is 0 Å². The van der Waals surface area contributed by atoms with E-state index in [1.807, 2.05) is 11.5 Å². The highest BCUT2D eigenvalue weighted by atomic mass is 32.2. The maximum Gasteiger partial charge on any atom is 0.340 e. The third kappa shape index (κ3) is 5.37. The molecule has 3 aromatic rings. The molecule has 0 spiro atoms. The summed E-state index contributed by atoms with van der Waals surface area (Å²) in [7, 11) is -3.76. The lowest BCUT2D eigenvalue weighted by Crippen LogP contribution is -2.30. The minimum Gasteiger partial charge on any atom is -0.449 e. The fraction of sp³-hybridized carbons (Fsp3) is 0.238. The van der Waals surface area contributed by atoms with E-state index in [-0.39, 0.29) is 10.8 Å². The van der Waals surface area contributed by atoms with E-state index < -0.39 is 28.0 Å². The van der Waals surface area contributed by atoms with E-state index in [1.165, 1.54) is 31.5 Å². The van der Waals surface area contributed by atoms with Crippen LogP contribution in [0.4, 0.5) is 5.95 Å². The van der Waals surface area contributed by atoms with Crippen LogP contribution >= 0.6 is 0 Å². The molecular formula is C21H23N5O5S. The highest BCUT2D eigenvalue weighted by molar-refractivity contribution is 7.89. The van der Waals surface area contributed by atoms with E-state index in [2.05, 4.69) is 15.3 Å². The van der Waals surface area contributed by atoms with Crippen LogP contribution in [-0.4, -0.2) is 40.9 Å². The molecule has 3 rings (SSSR count). The van der Waals surface area contributed by atoms with E-state index in [9.17, 15) is 18.0 Å². The number of nitrogens with two attached hydrogens (primary N) is 1. The fourth-order valence-electron chi connectivity index (χ4n) is 3.07. The average Bonchev–Trinajstić information content (AvgIpc) is 3.02. The van der Waals surface area contributed by atoms with Gasteiger partial charge < -0.3 is 9.30 Å². The number of sulfonamides is 1. The lowest BCUT2D eigenvalue weighted by atomic mass is 10.2. The molecule has 1 amide bonds. The van der Waals surface area contributed by atoms with Gasteiger partial charge in [0.2, 0.25) is 16.0 Å². The van der Waals surface area contributed by atoms with Gasteiger partial charge in [-0.15, -0.1) is 0 Å². The van der Waals surface area contributed by atoms with Gasteiger partial charge in [0.15, 0.2) is 6.10 Å². The highest BCUT2D eigenvalue weighted by Crippen LogP contribution is 2.19. The summed E-state index contributed by atoms with van der Waals surface area (Å²) >= 11 is 0. The molecule has 0 saturated carbocycles. The molecule has 0 bridgehead atoms. The molecule has 0 fully saturated rings. The average molecular weight is 458 g/mol.